The molecule has 3 aromatic rings. The van der Waals surface area contributed by atoms with Gasteiger partial charge in [0.15, 0.2) is 0 Å². The minimum absolute atomic E-state index is 0.609. The van der Waals surface area contributed by atoms with E-state index >= 15 is 0 Å². The normalized spacial score (nSPS) is 16.1. The molecule has 1 saturated heterocycles. The highest BCUT2D eigenvalue weighted by Gasteiger charge is 2.18. The van der Waals surface area contributed by atoms with E-state index in [1.54, 1.807) is 11.3 Å². The summed E-state index contributed by atoms with van der Waals surface area (Å²) in [7, 11) is 0. The van der Waals surface area contributed by atoms with Crippen LogP contribution in [0.3, 0.4) is 0 Å². The SMILES string of the molecule is N#Cc1ccc(CN2CCCN(Cc3nnc(-c4cccs4)o3)CC2)cc1. The molecule has 6 nitrogen and oxygen atoms in total. The number of aromatic nitrogens is 2. The topological polar surface area (TPSA) is 69.2 Å². The van der Waals surface area contributed by atoms with Crippen molar-refractivity contribution in [2.75, 3.05) is 26.2 Å². The second kappa shape index (κ2) is 8.44. The average Bonchev–Trinajstić information content (AvgIpc) is 3.33. The molecule has 0 unspecified atom stereocenters. The molecular formula is C20H21N5OS. The first kappa shape index (κ1) is 17.9. The summed E-state index contributed by atoms with van der Waals surface area (Å²) in [6.45, 7) is 5.70. The van der Waals surface area contributed by atoms with E-state index in [0.717, 1.165) is 44.0 Å². The van der Waals surface area contributed by atoms with Crippen molar-refractivity contribution >= 4 is 11.3 Å². The molecule has 1 aliphatic rings. The van der Waals surface area contributed by atoms with E-state index in [1.807, 2.05) is 41.8 Å². The number of rotatable bonds is 5. The van der Waals surface area contributed by atoms with Crippen LogP contribution in [0.5, 0.6) is 0 Å². The van der Waals surface area contributed by atoms with Crippen LogP contribution in [0.2, 0.25) is 0 Å². The van der Waals surface area contributed by atoms with E-state index < -0.39 is 0 Å². The van der Waals surface area contributed by atoms with Gasteiger partial charge in [-0.15, -0.1) is 21.5 Å². The van der Waals surface area contributed by atoms with Crippen molar-refractivity contribution in [2.45, 2.75) is 19.5 Å². The van der Waals surface area contributed by atoms with E-state index in [9.17, 15) is 0 Å². The fourth-order valence-electron chi connectivity index (χ4n) is 3.29. The lowest BCUT2D eigenvalue weighted by molar-refractivity contribution is 0.232. The van der Waals surface area contributed by atoms with Crippen molar-refractivity contribution in [3.8, 4) is 16.8 Å². The van der Waals surface area contributed by atoms with Crippen molar-refractivity contribution in [3.63, 3.8) is 0 Å². The highest BCUT2D eigenvalue weighted by Crippen LogP contribution is 2.23. The third-order valence-corrected chi connectivity index (χ3v) is 5.59. The predicted octanol–water partition coefficient (Wildman–Crippen LogP) is 3.38. The van der Waals surface area contributed by atoms with E-state index in [0.29, 0.717) is 23.9 Å². The van der Waals surface area contributed by atoms with Gasteiger partial charge < -0.3 is 4.42 Å². The molecule has 0 atom stereocenters. The summed E-state index contributed by atoms with van der Waals surface area (Å²) >= 11 is 1.61. The fraction of sp³-hybridized carbons (Fsp3) is 0.350. The molecule has 0 N–H and O–H groups in total. The van der Waals surface area contributed by atoms with Gasteiger partial charge in [0.2, 0.25) is 5.89 Å². The number of hydrogen-bond donors (Lipinski definition) is 0. The zero-order valence-corrected chi connectivity index (χ0v) is 15.9. The fourth-order valence-corrected chi connectivity index (χ4v) is 3.94. The van der Waals surface area contributed by atoms with Crippen LogP contribution in [0.25, 0.3) is 10.8 Å². The highest BCUT2D eigenvalue weighted by molar-refractivity contribution is 7.13. The van der Waals surface area contributed by atoms with Crippen LogP contribution in [-0.4, -0.2) is 46.2 Å². The van der Waals surface area contributed by atoms with Crippen LogP contribution < -0.4 is 0 Å². The van der Waals surface area contributed by atoms with Gasteiger partial charge in [-0.05, 0) is 48.7 Å². The zero-order chi connectivity index (χ0) is 18.5. The van der Waals surface area contributed by atoms with Gasteiger partial charge in [0.25, 0.3) is 5.89 Å². The second-order valence-corrected chi connectivity index (χ2v) is 7.64. The Labute approximate surface area is 162 Å². The third-order valence-electron chi connectivity index (χ3n) is 4.73. The molecule has 0 bridgehead atoms. The van der Waals surface area contributed by atoms with Crippen LogP contribution in [0, 0.1) is 11.3 Å². The monoisotopic (exact) mass is 379 g/mol. The molecule has 7 heteroatoms. The summed E-state index contributed by atoms with van der Waals surface area (Å²) in [5, 5.41) is 19.3. The van der Waals surface area contributed by atoms with Crippen molar-refractivity contribution in [2.24, 2.45) is 0 Å². The second-order valence-electron chi connectivity index (χ2n) is 6.69. The number of nitriles is 1. The van der Waals surface area contributed by atoms with Gasteiger partial charge in [-0.3, -0.25) is 9.80 Å². The Morgan fingerprint density at radius 3 is 2.48 bits per heavy atom. The molecular weight excluding hydrogens is 358 g/mol. The largest absolute Gasteiger partial charge is 0.419 e. The lowest BCUT2D eigenvalue weighted by Crippen LogP contribution is -2.30. The summed E-state index contributed by atoms with van der Waals surface area (Å²) in [6.07, 6.45) is 1.11. The molecule has 1 aromatic carbocycles. The van der Waals surface area contributed by atoms with E-state index in [1.165, 1.54) is 5.56 Å². The zero-order valence-electron chi connectivity index (χ0n) is 15.0. The van der Waals surface area contributed by atoms with Crippen molar-refractivity contribution in [1.29, 1.82) is 5.26 Å². The van der Waals surface area contributed by atoms with Crippen LogP contribution >= 0.6 is 11.3 Å². The summed E-state index contributed by atoms with van der Waals surface area (Å²) < 4.78 is 5.82. The van der Waals surface area contributed by atoms with Gasteiger partial charge in [0.05, 0.1) is 23.1 Å². The summed E-state index contributed by atoms with van der Waals surface area (Å²) in [6, 6.07) is 14.0. The first-order valence-corrected chi connectivity index (χ1v) is 9.98. The third kappa shape index (κ3) is 4.61. The Balaban J connectivity index is 1.31. The van der Waals surface area contributed by atoms with Crippen LogP contribution in [-0.2, 0) is 13.1 Å². The molecule has 4 rings (SSSR count). The molecule has 1 fully saturated rings. The molecule has 2 aromatic heterocycles. The maximum absolute atomic E-state index is 8.91. The maximum Gasteiger partial charge on any atom is 0.257 e. The summed E-state index contributed by atoms with van der Waals surface area (Å²) in [5.41, 5.74) is 1.96. The molecule has 3 heterocycles. The maximum atomic E-state index is 8.91. The first-order chi connectivity index (χ1) is 13.3. The minimum Gasteiger partial charge on any atom is -0.419 e. The van der Waals surface area contributed by atoms with E-state index in [4.69, 9.17) is 9.68 Å². The van der Waals surface area contributed by atoms with Crippen molar-refractivity contribution in [1.82, 2.24) is 20.0 Å². The minimum atomic E-state index is 0.609. The Hall–Kier alpha value is -2.53. The van der Waals surface area contributed by atoms with Gasteiger partial charge in [0.1, 0.15) is 0 Å². The van der Waals surface area contributed by atoms with Crippen LogP contribution in [0.15, 0.2) is 46.2 Å². The summed E-state index contributed by atoms with van der Waals surface area (Å²) in [5.74, 6) is 1.29. The molecule has 0 radical (unpaired) electrons. The number of nitrogens with zero attached hydrogens (tertiary/aromatic N) is 5. The smallest absolute Gasteiger partial charge is 0.257 e. The number of benzene rings is 1. The Morgan fingerprint density at radius 2 is 1.78 bits per heavy atom. The quantitative estimate of drug-likeness (QED) is 0.677. The lowest BCUT2D eigenvalue weighted by Gasteiger charge is -2.21. The van der Waals surface area contributed by atoms with Crippen molar-refractivity contribution in [3.05, 3.63) is 58.8 Å². The van der Waals surface area contributed by atoms with Gasteiger partial charge in [-0.1, -0.05) is 18.2 Å². The van der Waals surface area contributed by atoms with E-state index in [-0.39, 0.29) is 0 Å². The Kier molecular flexibility index (Phi) is 5.58. The molecule has 27 heavy (non-hydrogen) atoms. The Morgan fingerprint density at radius 1 is 1.00 bits per heavy atom. The van der Waals surface area contributed by atoms with Gasteiger partial charge in [0, 0.05) is 19.6 Å². The standard InChI is InChI=1S/C20H21N5OS/c21-13-16-4-6-17(7-5-16)14-24-8-2-9-25(11-10-24)15-19-22-23-20(26-19)18-3-1-12-27-18/h1,3-7,12H,2,8-11,14-15H2. The van der Waals surface area contributed by atoms with Crippen molar-refractivity contribution < 1.29 is 4.42 Å². The van der Waals surface area contributed by atoms with Crippen LogP contribution in [0.1, 0.15) is 23.4 Å². The molecule has 138 valence electrons. The predicted molar refractivity (Wildman–Crippen MR) is 104 cm³/mol. The van der Waals surface area contributed by atoms with Gasteiger partial charge in [-0.2, -0.15) is 5.26 Å². The van der Waals surface area contributed by atoms with Crippen LogP contribution in [0.4, 0.5) is 0 Å². The Bertz CT molecular complexity index is 897. The number of hydrogen-bond acceptors (Lipinski definition) is 7. The van der Waals surface area contributed by atoms with E-state index in [2.05, 4.69) is 26.1 Å². The molecule has 0 spiro atoms. The first-order valence-electron chi connectivity index (χ1n) is 9.10. The average molecular weight is 379 g/mol. The molecule has 1 aliphatic heterocycles. The van der Waals surface area contributed by atoms with Gasteiger partial charge in [-0.25, -0.2) is 0 Å². The molecule has 0 saturated carbocycles. The molecule has 0 aliphatic carbocycles. The molecule has 0 amide bonds. The lowest BCUT2D eigenvalue weighted by atomic mass is 10.1. The van der Waals surface area contributed by atoms with Gasteiger partial charge >= 0.3 is 0 Å². The highest BCUT2D eigenvalue weighted by atomic mass is 32.1. The summed E-state index contributed by atoms with van der Waals surface area (Å²) in [4.78, 5) is 5.86. The number of thiophene rings is 1.